The van der Waals surface area contributed by atoms with E-state index >= 15 is 0 Å². The molecule has 0 aliphatic carbocycles. The van der Waals surface area contributed by atoms with Gasteiger partial charge in [0.15, 0.2) is 0 Å². The van der Waals surface area contributed by atoms with Crippen molar-refractivity contribution in [2.24, 2.45) is 5.92 Å². The van der Waals surface area contributed by atoms with Gasteiger partial charge in [-0.2, -0.15) is 0 Å². The summed E-state index contributed by atoms with van der Waals surface area (Å²) in [5, 5.41) is 2.65. The molecule has 1 saturated heterocycles. The normalized spacial score (nSPS) is 18.0. The van der Waals surface area contributed by atoms with E-state index in [9.17, 15) is 14.4 Å². The van der Waals surface area contributed by atoms with E-state index in [4.69, 9.17) is 0 Å². The van der Waals surface area contributed by atoms with Gasteiger partial charge in [-0.05, 0) is 24.3 Å². The monoisotopic (exact) mass is 276 g/mol. The summed E-state index contributed by atoms with van der Waals surface area (Å²) in [6.07, 6.45) is 0.167. The summed E-state index contributed by atoms with van der Waals surface area (Å²) in [4.78, 5) is 35.9. The lowest BCUT2D eigenvalue weighted by atomic mass is 10.1. The third-order valence-electron chi connectivity index (χ3n) is 3.16. The fourth-order valence-electron chi connectivity index (χ4n) is 2.21. The Morgan fingerprint density at radius 3 is 2.50 bits per heavy atom. The predicted molar refractivity (Wildman–Crippen MR) is 73.2 cm³/mol. The molecule has 2 amide bonds. The molecule has 6 heteroatoms. The number of carbonyl (C=O) groups excluding carboxylic acids is 3. The number of nitrogens with one attached hydrogen (secondary N) is 1. The number of rotatable bonds is 3. The summed E-state index contributed by atoms with van der Waals surface area (Å²) in [5.74, 6) is -1.04. The van der Waals surface area contributed by atoms with Gasteiger partial charge in [-0.3, -0.25) is 14.4 Å². The highest BCUT2D eigenvalue weighted by atomic mass is 16.5. The van der Waals surface area contributed by atoms with Gasteiger partial charge in [0.2, 0.25) is 11.8 Å². The lowest BCUT2D eigenvalue weighted by molar-refractivity contribution is -0.145. The first-order valence-electron chi connectivity index (χ1n) is 6.27. The van der Waals surface area contributed by atoms with E-state index in [0.717, 1.165) is 0 Å². The van der Waals surface area contributed by atoms with Crippen molar-refractivity contribution in [3.63, 3.8) is 0 Å². The number of amides is 2. The molecule has 0 aromatic heterocycles. The van der Waals surface area contributed by atoms with Crippen molar-refractivity contribution in [1.29, 1.82) is 0 Å². The molecule has 1 aliphatic heterocycles. The van der Waals surface area contributed by atoms with Gasteiger partial charge in [0.1, 0.15) is 0 Å². The van der Waals surface area contributed by atoms with Gasteiger partial charge in [0.25, 0.3) is 0 Å². The third kappa shape index (κ3) is 2.96. The summed E-state index contributed by atoms with van der Waals surface area (Å²) in [5.41, 5.74) is 1.37. The van der Waals surface area contributed by atoms with Crippen molar-refractivity contribution >= 4 is 29.2 Å². The van der Waals surface area contributed by atoms with Crippen LogP contribution in [0, 0.1) is 5.92 Å². The molecule has 1 N–H and O–H groups in total. The predicted octanol–water partition coefficient (Wildman–Crippen LogP) is 1.17. The standard InChI is InChI=1S/C14H16N2O4/c1-9(17)15-11-3-5-12(6-4-11)16-8-10(7-13(16)18)14(19)20-2/h3-6,10H,7-8H2,1-2H3,(H,15,17)/t10-/m1/s1. The van der Waals surface area contributed by atoms with Crippen LogP contribution in [-0.2, 0) is 19.1 Å². The highest BCUT2D eigenvalue weighted by molar-refractivity contribution is 5.99. The van der Waals surface area contributed by atoms with Crippen LogP contribution in [0.3, 0.4) is 0 Å². The highest BCUT2D eigenvalue weighted by Gasteiger charge is 2.35. The Morgan fingerprint density at radius 2 is 1.95 bits per heavy atom. The van der Waals surface area contributed by atoms with Gasteiger partial charge < -0.3 is 15.0 Å². The number of anilines is 2. The smallest absolute Gasteiger partial charge is 0.311 e. The summed E-state index contributed by atoms with van der Waals surface area (Å²) < 4.78 is 4.66. The van der Waals surface area contributed by atoms with Crippen molar-refractivity contribution in [3.05, 3.63) is 24.3 Å². The first-order valence-corrected chi connectivity index (χ1v) is 6.27. The van der Waals surface area contributed by atoms with Gasteiger partial charge in [-0.15, -0.1) is 0 Å². The van der Waals surface area contributed by atoms with E-state index in [2.05, 4.69) is 10.1 Å². The Balaban J connectivity index is 2.10. The zero-order chi connectivity index (χ0) is 14.7. The van der Waals surface area contributed by atoms with Crippen molar-refractivity contribution in [1.82, 2.24) is 0 Å². The quantitative estimate of drug-likeness (QED) is 0.841. The Bertz CT molecular complexity index is 539. The Hall–Kier alpha value is -2.37. The lowest BCUT2D eigenvalue weighted by Crippen LogP contribution is -2.26. The van der Waals surface area contributed by atoms with Gasteiger partial charge in [0, 0.05) is 31.3 Å². The number of benzene rings is 1. The molecule has 1 aliphatic rings. The SMILES string of the molecule is COC(=O)[C@@H]1CC(=O)N(c2ccc(NC(C)=O)cc2)C1. The molecule has 0 bridgehead atoms. The Kier molecular flexibility index (Phi) is 4.02. The molecule has 6 nitrogen and oxygen atoms in total. The maximum absolute atomic E-state index is 11.9. The first kappa shape index (κ1) is 14.0. The van der Waals surface area contributed by atoms with E-state index < -0.39 is 5.92 Å². The second-order valence-corrected chi connectivity index (χ2v) is 4.66. The largest absolute Gasteiger partial charge is 0.469 e. The summed E-state index contributed by atoms with van der Waals surface area (Å²) in [6, 6.07) is 6.91. The van der Waals surface area contributed by atoms with Crippen LogP contribution in [0.4, 0.5) is 11.4 Å². The number of hydrogen-bond donors (Lipinski definition) is 1. The van der Waals surface area contributed by atoms with Crippen LogP contribution in [0.1, 0.15) is 13.3 Å². The van der Waals surface area contributed by atoms with Gasteiger partial charge in [-0.25, -0.2) is 0 Å². The van der Waals surface area contributed by atoms with E-state index in [1.54, 1.807) is 29.2 Å². The van der Waals surface area contributed by atoms with Crippen LogP contribution >= 0.6 is 0 Å². The molecule has 1 heterocycles. The summed E-state index contributed by atoms with van der Waals surface area (Å²) >= 11 is 0. The number of nitrogens with zero attached hydrogens (tertiary/aromatic N) is 1. The zero-order valence-corrected chi connectivity index (χ0v) is 11.4. The van der Waals surface area contributed by atoms with Gasteiger partial charge in [0.05, 0.1) is 13.0 Å². The Morgan fingerprint density at radius 1 is 1.30 bits per heavy atom. The molecule has 1 atom stereocenters. The number of hydrogen-bond acceptors (Lipinski definition) is 4. The number of carbonyl (C=O) groups is 3. The number of methoxy groups -OCH3 is 1. The van der Waals surface area contributed by atoms with Gasteiger partial charge >= 0.3 is 5.97 Å². The van der Waals surface area contributed by atoms with Crippen LogP contribution in [-0.4, -0.2) is 31.4 Å². The molecule has 0 unspecified atom stereocenters. The third-order valence-corrected chi connectivity index (χ3v) is 3.16. The maximum atomic E-state index is 11.9. The molecule has 0 radical (unpaired) electrons. The number of ether oxygens (including phenoxy) is 1. The Labute approximate surface area is 116 Å². The molecule has 2 rings (SSSR count). The zero-order valence-electron chi connectivity index (χ0n) is 11.4. The first-order chi connectivity index (χ1) is 9.51. The minimum atomic E-state index is -0.414. The minimum Gasteiger partial charge on any atom is -0.469 e. The fourth-order valence-corrected chi connectivity index (χ4v) is 2.21. The van der Waals surface area contributed by atoms with Crippen LogP contribution in [0.15, 0.2) is 24.3 Å². The lowest BCUT2D eigenvalue weighted by Gasteiger charge is -2.16. The van der Waals surface area contributed by atoms with Gasteiger partial charge in [-0.1, -0.05) is 0 Å². The number of esters is 1. The van der Waals surface area contributed by atoms with Crippen molar-refractivity contribution < 1.29 is 19.1 Å². The average Bonchev–Trinajstić information content (AvgIpc) is 2.80. The van der Waals surface area contributed by atoms with Crippen LogP contribution in [0.5, 0.6) is 0 Å². The van der Waals surface area contributed by atoms with E-state index in [1.807, 2.05) is 0 Å². The van der Waals surface area contributed by atoms with Crippen LogP contribution < -0.4 is 10.2 Å². The molecule has 1 fully saturated rings. The molecule has 0 saturated carbocycles. The second kappa shape index (κ2) is 5.73. The summed E-state index contributed by atoms with van der Waals surface area (Å²) in [7, 11) is 1.32. The molecule has 1 aromatic carbocycles. The second-order valence-electron chi connectivity index (χ2n) is 4.66. The molecule has 1 aromatic rings. The van der Waals surface area contributed by atoms with Crippen molar-refractivity contribution in [2.45, 2.75) is 13.3 Å². The minimum absolute atomic E-state index is 0.104. The van der Waals surface area contributed by atoms with E-state index in [-0.39, 0.29) is 24.2 Å². The topological polar surface area (TPSA) is 75.7 Å². The summed E-state index contributed by atoms with van der Waals surface area (Å²) in [6.45, 7) is 1.75. The molecule has 106 valence electrons. The molecule has 0 spiro atoms. The van der Waals surface area contributed by atoms with Crippen LogP contribution in [0.25, 0.3) is 0 Å². The average molecular weight is 276 g/mol. The maximum Gasteiger partial charge on any atom is 0.311 e. The van der Waals surface area contributed by atoms with Crippen LogP contribution in [0.2, 0.25) is 0 Å². The van der Waals surface area contributed by atoms with E-state index in [1.165, 1.54) is 14.0 Å². The molecule has 20 heavy (non-hydrogen) atoms. The van der Waals surface area contributed by atoms with Crippen molar-refractivity contribution in [3.8, 4) is 0 Å². The van der Waals surface area contributed by atoms with Crippen molar-refractivity contribution in [2.75, 3.05) is 23.9 Å². The molecular formula is C14H16N2O4. The highest BCUT2D eigenvalue weighted by Crippen LogP contribution is 2.26. The molecular weight excluding hydrogens is 260 g/mol. The van der Waals surface area contributed by atoms with E-state index in [0.29, 0.717) is 17.9 Å². The fraction of sp³-hybridized carbons (Fsp3) is 0.357.